The molecule has 1 unspecified atom stereocenters. The number of benzene rings is 1. The number of ketones is 1. The van der Waals surface area contributed by atoms with E-state index in [0.717, 1.165) is 28.7 Å². The Morgan fingerprint density at radius 3 is 2.70 bits per heavy atom. The van der Waals surface area contributed by atoms with E-state index in [9.17, 15) is 4.79 Å². The first kappa shape index (κ1) is 16.0. The fraction of sp³-hybridized carbons (Fsp3) is 0.316. The van der Waals surface area contributed by atoms with Gasteiger partial charge in [0.2, 0.25) is 5.78 Å². The molecule has 23 heavy (non-hydrogen) atoms. The predicted molar refractivity (Wildman–Crippen MR) is 96.5 cm³/mol. The number of quaternary nitrogens is 1. The number of H-pyrrole nitrogens is 1. The van der Waals surface area contributed by atoms with Gasteiger partial charge in [-0.3, -0.25) is 4.79 Å². The average Bonchev–Trinajstić information content (AvgIpc) is 3.08. The van der Waals surface area contributed by atoms with Gasteiger partial charge in [-0.25, -0.2) is 0 Å². The van der Waals surface area contributed by atoms with Crippen LogP contribution in [0.15, 0.2) is 35.7 Å². The fourth-order valence-corrected chi connectivity index (χ4v) is 4.03. The van der Waals surface area contributed by atoms with E-state index >= 15 is 0 Å². The molecule has 0 saturated heterocycles. The van der Waals surface area contributed by atoms with Gasteiger partial charge in [0.25, 0.3) is 0 Å². The Labute approximate surface area is 140 Å². The summed E-state index contributed by atoms with van der Waals surface area (Å²) in [6.07, 6.45) is 0. The molecule has 4 heteroatoms. The average molecular weight is 327 g/mol. The Morgan fingerprint density at radius 2 is 2.00 bits per heavy atom. The van der Waals surface area contributed by atoms with Gasteiger partial charge in [-0.2, -0.15) is 0 Å². The Hall–Kier alpha value is -1.91. The van der Waals surface area contributed by atoms with Gasteiger partial charge >= 0.3 is 0 Å². The van der Waals surface area contributed by atoms with Gasteiger partial charge in [0.05, 0.1) is 17.5 Å². The molecule has 0 aliphatic rings. The van der Waals surface area contributed by atoms with Crippen molar-refractivity contribution in [2.45, 2.75) is 33.4 Å². The van der Waals surface area contributed by atoms with Gasteiger partial charge in [-0.05, 0) is 43.8 Å². The number of hydrogen-bond donors (Lipinski definition) is 2. The van der Waals surface area contributed by atoms with Gasteiger partial charge in [0.1, 0.15) is 12.6 Å². The smallest absolute Gasteiger partial charge is 0.222 e. The van der Waals surface area contributed by atoms with Crippen LogP contribution in [-0.4, -0.2) is 23.9 Å². The lowest BCUT2D eigenvalue weighted by Crippen LogP contribution is -3.12. The van der Waals surface area contributed by atoms with E-state index in [-0.39, 0.29) is 11.8 Å². The number of nitrogens with one attached hydrogen (secondary N) is 2. The van der Waals surface area contributed by atoms with Crippen molar-refractivity contribution in [1.29, 1.82) is 0 Å². The first-order valence-electron chi connectivity index (χ1n) is 7.96. The second-order valence-electron chi connectivity index (χ2n) is 6.31. The molecule has 2 heterocycles. The number of aromatic nitrogens is 1. The molecule has 3 rings (SSSR count). The summed E-state index contributed by atoms with van der Waals surface area (Å²) in [6.45, 7) is 7.04. The second kappa shape index (κ2) is 6.30. The number of para-hydroxylation sites is 1. The third-order valence-corrected chi connectivity index (χ3v) is 5.70. The van der Waals surface area contributed by atoms with E-state index in [1.54, 1.807) is 11.3 Å². The Kier molecular flexibility index (Phi) is 4.37. The molecule has 2 aromatic heterocycles. The summed E-state index contributed by atoms with van der Waals surface area (Å²) in [7, 11) is 2.10. The van der Waals surface area contributed by atoms with Gasteiger partial charge < -0.3 is 9.88 Å². The number of hydrogen-bond acceptors (Lipinski definition) is 2. The molecule has 0 aliphatic carbocycles. The van der Waals surface area contributed by atoms with Crippen LogP contribution in [0.25, 0.3) is 10.9 Å². The molecular weight excluding hydrogens is 304 g/mol. The number of rotatable bonds is 5. The lowest BCUT2D eigenvalue weighted by Gasteiger charge is -2.20. The highest BCUT2D eigenvalue weighted by Gasteiger charge is 2.27. The summed E-state index contributed by atoms with van der Waals surface area (Å²) < 4.78 is 0. The quantitative estimate of drug-likeness (QED) is 0.694. The molecule has 3 aromatic rings. The number of aromatic amines is 1. The molecule has 0 spiro atoms. The van der Waals surface area contributed by atoms with Crippen LogP contribution in [0.3, 0.4) is 0 Å². The van der Waals surface area contributed by atoms with Crippen LogP contribution >= 0.6 is 11.3 Å². The van der Waals surface area contributed by atoms with Crippen LogP contribution < -0.4 is 4.90 Å². The molecule has 0 bridgehead atoms. The maximum Gasteiger partial charge on any atom is 0.222 e. The molecule has 0 saturated carbocycles. The van der Waals surface area contributed by atoms with Crippen molar-refractivity contribution in [1.82, 2.24) is 4.98 Å². The lowest BCUT2D eigenvalue weighted by molar-refractivity contribution is -0.907. The van der Waals surface area contributed by atoms with E-state index in [1.807, 2.05) is 38.1 Å². The van der Waals surface area contributed by atoms with E-state index < -0.39 is 0 Å². The van der Waals surface area contributed by atoms with Crippen molar-refractivity contribution < 1.29 is 9.69 Å². The summed E-state index contributed by atoms with van der Waals surface area (Å²) in [5.74, 6) is 0.214. The minimum absolute atomic E-state index is 0.0746. The summed E-state index contributed by atoms with van der Waals surface area (Å²) in [4.78, 5) is 19.0. The lowest BCUT2D eigenvalue weighted by atomic mass is 10.0. The maximum absolute atomic E-state index is 13.1. The zero-order valence-corrected chi connectivity index (χ0v) is 14.9. The van der Waals surface area contributed by atoms with Crippen LogP contribution in [0.2, 0.25) is 0 Å². The van der Waals surface area contributed by atoms with E-state index in [2.05, 4.69) is 30.4 Å². The number of carbonyl (C=O) groups is 1. The molecule has 120 valence electrons. The molecule has 2 atom stereocenters. The van der Waals surface area contributed by atoms with Crippen molar-refractivity contribution >= 4 is 28.0 Å². The van der Waals surface area contributed by atoms with E-state index in [0.29, 0.717) is 0 Å². The summed E-state index contributed by atoms with van der Waals surface area (Å²) >= 11 is 1.77. The zero-order chi connectivity index (χ0) is 16.6. The largest absolute Gasteiger partial charge is 0.358 e. The fourth-order valence-electron chi connectivity index (χ4n) is 3.03. The molecule has 0 aliphatic heterocycles. The van der Waals surface area contributed by atoms with Gasteiger partial charge in [0, 0.05) is 16.6 Å². The molecule has 0 fully saturated rings. The summed E-state index contributed by atoms with van der Waals surface area (Å²) in [5.41, 5.74) is 4.16. The van der Waals surface area contributed by atoms with Crippen molar-refractivity contribution in [2.24, 2.45) is 0 Å². The number of Topliss-reactive ketones (excluding diaryl/α,β-unsaturated/α-hetero) is 1. The van der Waals surface area contributed by atoms with E-state index in [4.69, 9.17) is 0 Å². The monoisotopic (exact) mass is 327 g/mol. The predicted octanol–water partition coefficient (Wildman–Crippen LogP) is 3.13. The number of fused-ring (bicyclic) bond motifs is 1. The highest BCUT2D eigenvalue weighted by Crippen LogP contribution is 2.23. The molecule has 0 radical (unpaired) electrons. The first-order valence-corrected chi connectivity index (χ1v) is 8.83. The highest BCUT2D eigenvalue weighted by molar-refractivity contribution is 7.10. The molecule has 0 amide bonds. The number of thiophene rings is 1. The minimum atomic E-state index is -0.0746. The minimum Gasteiger partial charge on any atom is -0.358 e. The standard InChI is InChI=1S/C19H22N2OS/c1-12-9-10-23-17(12)11-21(4)14(3)19(22)18-13(2)20-16-8-6-5-7-15(16)18/h5-10,14,20H,11H2,1-4H3/p+1/t14-/m1/s1. The second-order valence-corrected chi connectivity index (χ2v) is 7.31. The molecule has 1 aromatic carbocycles. The van der Waals surface area contributed by atoms with Crippen LogP contribution in [0, 0.1) is 13.8 Å². The highest BCUT2D eigenvalue weighted by atomic mass is 32.1. The van der Waals surface area contributed by atoms with Crippen LogP contribution in [0.5, 0.6) is 0 Å². The van der Waals surface area contributed by atoms with Crippen LogP contribution in [0.1, 0.15) is 33.4 Å². The molecule has 3 nitrogen and oxygen atoms in total. The Bertz CT molecular complexity index is 846. The van der Waals surface area contributed by atoms with Crippen molar-refractivity contribution in [3.8, 4) is 0 Å². The Morgan fingerprint density at radius 1 is 1.26 bits per heavy atom. The first-order chi connectivity index (χ1) is 11.0. The number of likely N-dealkylation sites (N-methyl/N-ethyl adjacent to an activating group) is 1. The van der Waals surface area contributed by atoms with Crippen molar-refractivity contribution in [2.75, 3.05) is 7.05 Å². The van der Waals surface area contributed by atoms with Gasteiger partial charge in [-0.1, -0.05) is 18.2 Å². The van der Waals surface area contributed by atoms with Crippen LogP contribution in [0.4, 0.5) is 0 Å². The summed E-state index contributed by atoms with van der Waals surface area (Å²) in [6, 6.07) is 10.1. The maximum atomic E-state index is 13.1. The zero-order valence-electron chi connectivity index (χ0n) is 14.1. The van der Waals surface area contributed by atoms with Crippen molar-refractivity contribution in [3.63, 3.8) is 0 Å². The Balaban J connectivity index is 1.86. The van der Waals surface area contributed by atoms with Crippen LogP contribution in [-0.2, 0) is 6.54 Å². The number of aryl methyl sites for hydroxylation is 2. The summed E-state index contributed by atoms with van der Waals surface area (Å²) in [5, 5.41) is 3.15. The number of carbonyl (C=O) groups excluding carboxylic acids is 1. The molecular formula is C19H23N2OS+. The third kappa shape index (κ3) is 2.96. The SMILES string of the molecule is Cc1ccsc1C[NH+](C)[C@H](C)C(=O)c1c(C)[nH]c2ccccc12. The van der Waals surface area contributed by atoms with Gasteiger partial charge in [0.15, 0.2) is 0 Å². The third-order valence-electron chi connectivity index (χ3n) is 4.68. The van der Waals surface area contributed by atoms with Gasteiger partial charge in [-0.15, -0.1) is 11.3 Å². The normalized spacial score (nSPS) is 14.1. The topological polar surface area (TPSA) is 37.3 Å². The van der Waals surface area contributed by atoms with Crippen molar-refractivity contribution in [3.05, 3.63) is 57.4 Å². The molecule has 2 N–H and O–H groups in total. The van der Waals surface area contributed by atoms with E-state index in [1.165, 1.54) is 15.3 Å².